The Bertz CT molecular complexity index is 1020. The summed E-state index contributed by atoms with van der Waals surface area (Å²) in [6.07, 6.45) is 1.24. The summed E-state index contributed by atoms with van der Waals surface area (Å²) in [5.74, 6) is 1.11. The summed E-state index contributed by atoms with van der Waals surface area (Å²) in [6, 6.07) is 12.3. The number of nitrogens with one attached hydrogen (secondary N) is 2. The fraction of sp³-hybridized carbons (Fsp3) is 0.111. The van der Waals surface area contributed by atoms with Gasteiger partial charge in [-0.2, -0.15) is 0 Å². The summed E-state index contributed by atoms with van der Waals surface area (Å²) in [6.45, 7) is 0. The number of methoxy groups -OCH3 is 2. The van der Waals surface area contributed by atoms with Crippen molar-refractivity contribution in [3.63, 3.8) is 0 Å². The van der Waals surface area contributed by atoms with Crippen LogP contribution in [0, 0.1) is 10.1 Å². The molecule has 144 valence electrons. The van der Waals surface area contributed by atoms with E-state index >= 15 is 0 Å². The molecule has 10 heteroatoms. The van der Waals surface area contributed by atoms with E-state index in [0.717, 1.165) is 4.47 Å². The van der Waals surface area contributed by atoms with Gasteiger partial charge in [0, 0.05) is 10.5 Å². The van der Waals surface area contributed by atoms with E-state index in [0.29, 0.717) is 22.9 Å². The van der Waals surface area contributed by atoms with E-state index in [2.05, 4.69) is 36.5 Å². The van der Waals surface area contributed by atoms with Gasteiger partial charge < -0.3 is 20.1 Å². The molecule has 0 bridgehead atoms. The van der Waals surface area contributed by atoms with E-state index in [1.54, 1.807) is 30.3 Å². The zero-order chi connectivity index (χ0) is 20.1. The summed E-state index contributed by atoms with van der Waals surface area (Å²) >= 11 is 3.40. The van der Waals surface area contributed by atoms with Gasteiger partial charge in [0.1, 0.15) is 17.8 Å². The number of para-hydroxylation sites is 1. The predicted octanol–water partition coefficient (Wildman–Crippen LogP) is 4.65. The van der Waals surface area contributed by atoms with Gasteiger partial charge in [-0.05, 0) is 40.2 Å². The van der Waals surface area contributed by atoms with E-state index in [9.17, 15) is 10.1 Å². The Labute approximate surface area is 169 Å². The van der Waals surface area contributed by atoms with Crippen LogP contribution >= 0.6 is 15.9 Å². The van der Waals surface area contributed by atoms with Crippen molar-refractivity contribution in [2.75, 3.05) is 24.9 Å². The first kappa shape index (κ1) is 19.4. The number of nitrogens with zero attached hydrogens (tertiary/aromatic N) is 3. The van der Waals surface area contributed by atoms with Crippen LogP contribution in [0.2, 0.25) is 0 Å². The second kappa shape index (κ2) is 8.53. The Hall–Kier alpha value is -3.40. The van der Waals surface area contributed by atoms with Crippen molar-refractivity contribution in [3.8, 4) is 11.5 Å². The molecule has 3 aromatic rings. The number of hydrogen-bond donors (Lipinski definition) is 2. The molecule has 0 aliphatic rings. The fourth-order valence-corrected chi connectivity index (χ4v) is 2.85. The lowest BCUT2D eigenvalue weighted by molar-refractivity contribution is -0.383. The second-order valence-electron chi connectivity index (χ2n) is 5.47. The zero-order valence-corrected chi connectivity index (χ0v) is 16.6. The molecule has 1 aromatic heterocycles. The molecule has 1 heterocycles. The van der Waals surface area contributed by atoms with Gasteiger partial charge >= 0.3 is 5.69 Å². The van der Waals surface area contributed by atoms with E-state index in [4.69, 9.17) is 9.47 Å². The quantitative estimate of drug-likeness (QED) is 0.399. The molecule has 2 N–H and O–H groups in total. The number of hydrogen-bond acceptors (Lipinski definition) is 8. The Morgan fingerprint density at radius 1 is 1.00 bits per heavy atom. The SMILES string of the molecule is COc1ccc(OC)c(Nc2ncnc(Nc3ccccc3Br)c2[N+](=O)[O-])c1. The maximum atomic E-state index is 11.8. The molecule has 0 amide bonds. The van der Waals surface area contributed by atoms with Crippen molar-refractivity contribution in [3.05, 3.63) is 63.4 Å². The summed E-state index contributed by atoms with van der Waals surface area (Å²) in [5.41, 5.74) is 0.799. The number of halogens is 1. The van der Waals surface area contributed by atoms with Crippen molar-refractivity contribution < 1.29 is 14.4 Å². The van der Waals surface area contributed by atoms with Gasteiger partial charge in [-0.15, -0.1) is 0 Å². The Morgan fingerprint density at radius 3 is 2.29 bits per heavy atom. The molecule has 0 unspecified atom stereocenters. The smallest absolute Gasteiger partial charge is 0.353 e. The molecule has 0 aliphatic heterocycles. The minimum absolute atomic E-state index is 0.0149. The van der Waals surface area contributed by atoms with Crippen LogP contribution in [-0.2, 0) is 0 Å². The van der Waals surface area contributed by atoms with Crippen LogP contribution in [0.4, 0.5) is 28.7 Å². The van der Waals surface area contributed by atoms with Crippen LogP contribution in [0.5, 0.6) is 11.5 Å². The van der Waals surface area contributed by atoms with E-state index in [1.165, 1.54) is 20.5 Å². The van der Waals surface area contributed by atoms with E-state index < -0.39 is 4.92 Å². The van der Waals surface area contributed by atoms with Gasteiger partial charge in [0.05, 0.1) is 30.5 Å². The molecule has 0 spiro atoms. The minimum Gasteiger partial charge on any atom is -0.497 e. The molecule has 0 fully saturated rings. The van der Waals surface area contributed by atoms with Gasteiger partial charge in [-0.3, -0.25) is 10.1 Å². The molecule has 0 aliphatic carbocycles. The number of rotatable bonds is 7. The molecule has 0 saturated heterocycles. The van der Waals surface area contributed by atoms with Gasteiger partial charge in [0.15, 0.2) is 0 Å². The van der Waals surface area contributed by atoms with Gasteiger partial charge in [-0.1, -0.05) is 12.1 Å². The van der Waals surface area contributed by atoms with E-state index in [1.807, 2.05) is 12.1 Å². The monoisotopic (exact) mass is 445 g/mol. The number of nitro groups is 1. The average molecular weight is 446 g/mol. The van der Waals surface area contributed by atoms with Crippen molar-refractivity contribution in [1.29, 1.82) is 0 Å². The number of benzene rings is 2. The molecule has 28 heavy (non-hydrogen) atoms. The van der Waals surface area contributed by atoms with Crippen LogP contribution in [-0.4, -0.2) is 29.1 Å². The third-order valence-corrected chi connectivity index (χ3v) is 4.48. The lowest BCUT2D eigenvalue weighted by atomic mass is 10.2. The minimum atomic E-state index is -0.547. The van der Waals surface area contributed by atoms with Gasteiger partial charge in [-0.25, -0.2) is 9.97 Å². The molecule has 9 nitrogen and oxygen atoms in total. The van der Waals surface area contributed by atoms with E-state index in [-0.39, 0.29) is 17.3 Å². The van der Waals surface area contributed by atoms with Crippen molar-refractivity contribution in [2.24, 2.45) is 0 Å². The van der Waals surface area contributed by atoms with Crippen molar-refractivity contribution in [2.45, 2.75) is 0 Å². The molecule has 0 saturated carbocycles. The Morgan fingerprint density at radius 2 is 1.68 bits per heavy atom. The number of anilines is 4. The molecular formula is C18H16BrN5O4. The topological polar surface area (TPSA) is 111 Å². The van der Waals surface area contributed by atoms with Gasteiger partial charge in [0.2, 0.25) is 11.6 Å². The predicted molar refractivity (Wildman–Crippen MR) is 109 cm³/mol. The first-order valence-corrected chi connectivity index (χ1v) is 8.82. The molecule has 3 rings (SSSR count). The maximum Gasteiger partial charge on any atom is 0.353 e. The first-order valence-electron chi connectivity index (χ1n) is 8.03. The number of ether oxygens (including phenoxy) is 2. The van der Waals surface area contributed by atoms with Crippen molar-refractivity contribution >= 4 is 44.6 Å². The Balaban J connectivity index is 2.03. The maximum absolute atomic E-state index is 11.8. The lowest BCUT2D eigenvalue weighted by Crippen LogP contribution is -2.06. The summed E-state index contributed by atoms with van der Waals surface area (Å²) in [4.78, 5) is 19.3. The molecule has 2 aromatic carbocycles. The average Bonchev–Trinajstić information content (AvgIpc) is 2.69. The molecule has 0 radical (unpaired) electrons. The third-order valence-electron chi connectivity index (χ3n) is 3.79. The van der Waals surface area contributed by atoms with Crippen LogP contribution in [0.25, 0.3) is 0 Å². The van der Waals surface area contributed by atoms with Crippen LogP contribution < -0.4 is 20.1 Å². The highest BCUT2D eigenvalue weighted by atomic mass is 79.9. The summed E-state index contributed by atoms with van der Waals surface area (Å²) in [7, 11) is 3.03. The highest BCUT2D eigenvalue weighted by Gasteiger charge is 2.24. The standard InChI is InChI=1S/C18H16BrN5O4/c1-27-11-7-8-15(28-2)14(9-11)23-18-16(24(25)26)17(20-10-21-18)22-13-6-4-3-5-12(13)19/h3-10H,1-2H3,(H2,20,21,22,23). The third kappa shape index (κ3) is 4.12. The largest absolute Gasteiger partial charge is 0.497 e. The summed E-state index contributed by atoms with van der Waals surface area (Å²) < 4.78 is 11.3. The summed E-state index contributed by atoms with van der Waals surface area (Å²) in [5, 5.41) is 17.7. The fourth-order valence-electron chi connectivity index (χ4n) is 2.46. The van der Waals surface area contributed by atoms with Crippen molar-refractivity contribution in [1.82, 2.24) is 9.97 Å². The molecule has 0 atom stereocenters. The van der Waals surface area contributed by atoms with Crippen LogP contribution in [0.1, 0.15) is 0 Å². The second-order valence-corrected chi connectivity index (χ2v) is 6.33. The highest BCUT2D eigenvalue weighted by Crippen LogP contribution is 2.37. The zero-order valence-electron chi connectivity index (χ0n) is 15.0. The highest BCUT2D eigenvalue weighted by molar-refractivity contribution is 9.10. The van der Waals surface area contributed by atoms with Gasteiger partial charge in [0.25, 0.3) is 0 Å². The molecular weight excluding hydrogens is 430 g/mol. The number of aromatic nitrogens is 2. The normalized spacial score (nSPS) is 10.2. The van der Waals surface area contributed by atoms with Crippen LogP contribution in [0.15, 0.2) is 53.3 Å². The Kier molecular flexibility index (Phi) is 5.90. The lowest BCUT2D eigenvalue weighted by Gasteiger charge is -2.13. The first-order chi connectivity index (χ1) is 13.5. The van der Waals surface area contributed by atoms with Crippen LogP contribution in [0.3, 0.4) is 0 Å².